The highest BCUT2D eigenvalue weighted by Crippen LogP contribution is 2.35. The summed E-state index contributed by atoms with van der Waals surface area (Å²) in [6.07, 6.45) is 3.98. The molecule has 26 heavy (non-hydrogen) atoms. The summed E-state index contributed by atoms with van der Waals surface area (Å²) in [5, 5.41) is 12.0. The first-order valence-electron chi connectivity index (χ1n) is 8.24. The Kier molecular flexibility index (Phi) is 6.03. The van der Waals surface area contributed by atoms with Gasteiger partial charge in [0.25, 0.3) is 0 Å². The van der Waals surface area contributed by atoms with Gasteiger partial charge >= 0.3 is 0 Å². The van der Waals surface area contributed by atoms with E-state index in [0.29, 0.717) is 16.5 Å². The predicted octanol–water partition coefficient (Wildman–Crippen LogP) is 4.92. The van der Waals surface area contributed by atoms with Gasteiger partial charge in [0, 0.05) is 33.8 Å². The van der Waals surface area contributed by atoms with Crippen molar-refractivity contribution in [2.24, 2.45) is 15.9 Å². The van der Waals surface area contributed by atoms with Gasteiger partial charge in [-0.05, 0) is 41.8 Å². The first kappa shape index (κ1) is 19.4. The number of rotatable bonds is 5. The largest absolute Gasteiger partial charge is 0.392 e. The molecule has 1 aromatic heterocycles. The molecular weight excluding hydrogens is 389 g/mol. The number of aliphatic hydroxyl groups is 1. The number of halogens is 2. The van der Waals surface area contributed by atoms with Gasteiger partial charge in [-0.1, -0.05) is 48.8 Å². The van der Waals surface area contributed by atoms with Crippen LogP contribution in [0.4, 0.5) is 0 Å². The van der Waals surface area contributed by atoms with Gasteiger partial charge in [0.1, 0.15) is 5.04 Å². The molecule has 0 spiro atoms. The Morgan fingerprint density at radius 1 is 1.08 bits per heavy atom. The molecule has 0 radical (unpaired) electrons. The van der Waals surface area contributed by atoms with Crippen LogP contribution >= 0.6 is 35.0 Å². The quantitative estimate of drug-likeness (QED) is 0.764. The van der Waals surface area contributed by atoms with E-state index in [4.69, 9.17) is 33.2 Å². The average molecular weight is 408 g/mol. The van der Waals surface area contributed by atoms with Crippen molar-refractivity contribution < 1.29 is 5.11 Å². The van der Waals surface area contributed by atoms with E-state index in [-0.39, 0.29) is 12.5 Å². The molecular formula is C19H19Cl2N3OS. The summed E-state index contributed by atoms with van der Waals surface area (Å²) in [7, 11) is 0. The Hall–Kier alpha value is -1.40. The van der Waals surface area contributed by atoms with Crippen molar-refractivity contribution in [3.63, 3.8) is 0 Å². The van der Waals surface area contributed by atoms with Crippen LogP contribution in [0.2, 0.25) is 10.0 Å². The smallest absolute Gasteiger partial charge is 0.178 e. The highest BCUT2D eigenvalue weighted by Gasteiger charge is 2.37. The number of pyridine rings is 1. The second-order valence-corrected chi connectivity index (χ2v) is 8.38. The molecule has 0 amide bonds. The Balaban J connectivity index is 1.94. The van der Waals surface area contributed by atoms with Crippen molar-refractivity contribution in [2.45, 2.75) is 30.8 Å². The van der Waals surface area contributed by atoms with Crippen LogP contribution in [0.3, 0.4) is 0 Å². The lowest BCUT2D eigenvalue weighted by Crippen LogP contribution is -2.30. The van der Waals surface area contributed by atoms with Gasteiger partial charge in [-0.15, -0.1) is 0 Å². The van der Waals surface area contributed by atoms with Crippen LogP contribution in [0.5, 0.6) is 0 Å². The average Bonchev–Trinajstić information content (AvgIpc) is 2.94. The van der Waals surface area contributed by atoms with Crippen LogP contribution in [0.15, 0.2) is 57.6 Å². The first-order chi connectivity index (χ1) is 12.4. The molecule has 1 unspecified atom stereocenters. The molecule has 2 heterocycles. The molecule has 0 saturated heterocycles. The predicted molar refractivity (Wildman–Crippen MR) is 110 cm³/mol. The summed E-state index contributed by atoms with van der Waals surface area (Å²) in [6, 6.07) is 9.22. The molecule has 7 heteroatoms. The lowest BCUT2D eigenvalue weighted by atomic mass is 10.0. The zero-order chi connectivity index (χ0) is 18.7. The topological polar surface area (TPSA) is 57.8 Å². The number of hydrogen-bond donors (Lipinski definition) is 1. The molecule has 4 nitrogen and oxygen atoms in total. The fourth-order valence-corrected chi connectivity index (χ4v) is 4.58. The third kappa shape index (κ3) is 4.46. The highest BCUT2D eigenvalue weighted by atomic mass is 35.5. The zero-order valence-electron chi connectivity index (χ0n) is 14.5. The molecule has 1 aliphatic heterocycles. The number of aromatic nitrogens is 1. The molecule has 0 saturated carbocycles. The number of thioether (sulfide) groups is 1. The van der Waals surface area contributed by atoms with Crippen molar-refractivity contribution in [3.8, 4) is 0 Å². The molecule has 3 rings (SSSR count). The fourth-order valence-electron chi connectivity index (χ4n) is 2.73. The number of benzene rings is 1. The molecule has 136 valence electrons. The van der Waals surface area contributed by atoms with Gasteiger partial charge in [-0.25, -0.2) is 4.99 Å². The lowest BCUT2D eigenvalue weighted by molar-refractivity contribution is 0.205. The summed E-state index contributed by atoms with van der Waals surface area (Å²) in [4.78, 5) is 14.6. The molecule has 1 atom stereocenters. The standard InChI is InChI=1S/C19H19Cl2N3OS/c1-12(2)17-18(26-16-8-14(20)7-15(21)9-16)24-19(11-25,23-17)10-13-3-5-22-6-4-13/h3-9,12,25H,10-11H2,1-2H3. The minimum atomic E-state index is -0.897. The first-order valence-corrected chi connectivity index (χ1v) is 9.82. The van der Waals surface area contributed by atoms with E-state index in [0.717, 1.165) is 21.2 Å². The lowest BCUT2D eigenvalue weighted by Gasteiger charge is -2.20. The number of nitrogens with zero attached hydrogens (tertiary/aromatic N) is 3. The monoisotopic (exact) mass is 407 g/mol. The summed E-state index contributed by atoms with van der Waals surface area (Å²) in [6.45, 7) is 3.98. The molecule has 0 aliphatic carbocycles. The van der Waals surface area contributed by atoms with Crippen LogP contribution in [0.25, 0.3) is 0 Å². The van der Waals surface area contributed by atoms with E-state index in [1.54, 1.807) is 18.5 Å². The second kappa shape index (κ2) is 8.09. The third-order valence-corrected chi connectivity index (χ3v) is 5.35. The summed E-state index contributed by atoms with van der Waals surface area (Å²) in [5.41, 5.74) is 1.02. The van der Waals surface area contributed by atoms with Gasteiger partial charge in [-0.3, -0.25) is 9.98 Å². The van der Waals surface area contributed by atoms with Crippen LogP contribution in [-0.4, -0.2) is 33.1 Å². The third-order valence-electron chi connectivity index (χ3n) is 3.94. The maximum atomic E-state index is 10.1. The number of aliphatic imine (C=N–C) groups is 2. The second-order valence-electron chi connectivity index (χ2n) is 6.45. The molecule has 1 aromatic carbocycles. The van der Waals surface area contributed by atoms with E-state index in [1.807, 2.05) is 24.3 Å². The Labute approximate surface area is 167 Å². The summed E-state index contributed by atoms with van der Waals surface area (Å²) >= 11 is 13.7. The molecule has 2 aromatic rings. The normalized spacial score (nSPS) is 19.6. The van der Waals surface area contributed by atoms with Gasteiger partial charge in [-0.2, -0.15) is 0 Å². The minimum absolute atomic E-state index is 0.161. The van der Waals surface area contributed by atoms with Gasteiger partial charge in [0.15, 0.2) is 5.66 Å². The Bertz CT molecular complexity index is 835. The molecule has 1 aliphatic rings. The van der Waals surface area contributed by atoms with Crippen molar-refractivity contribution >= 4 is 45.7 Å². The van der Waals surface area contributed by atoms with Crippen LogP contribution in [-0.2, 0) is 6.42 Å². The fraction of sp³-hybridized carbons (Fsp3) is 0.316. The SMILES string of the molecule is CC(C)C1=NC(CO)(Cc2ccncc2)N=C1Sc1cc(Cl)cc(Cl)c1. The van der Waals surface area contributed by atoms with Crippen LogP contribution < -0.4 is 0 Å². The van der Waals surface area contributed by atoms with E-state index >= 15 is 0 Å². The number of hydrogen-bond acceptors (Lipinski definition) is 5. The number of aliphatic hydroxyl groups excluding tert-OH is 1. The Morgan fingerprint density at radius 2 is 1.73 bits per heavy atom. The molecule has 0 bridgehead atoms. The van der Waals surface area contributed by atoms with Crippen molar-refractivity contribution in [1.29, 1.82) is 0 Å². The summed E-state index contributed by atoms with van der Waals surface area (Å²) in [5.74, 6) is 0.182. The maximum absolute atomic E-state index is 10.1. The van der Waals surface area contributed by atoms with Gasteiger partial charge in [0.2, 0.25) is 0 Å². The van der Waals surface area contributed by atoms with E-state index < -0.39 is 5.66 Å². The molecule has 1 N–H and O–H groups in total. The van der Waals surface area contributed by atoms with E-state index in [9.17, 15) is 5.11 Å². The van der Waals surface area contributed by atoms with E-state index in [1.165, 1.54) is 11.8 Å². The molecule has 0 fully saturated rings. The van der Waals surface area contributed by atoms with Crippen LogP contribution in [0.1, 0.15) is 19.4 Å². The van der Waals surface area contributed by atoms with Gasteiger partial charge in [0.05, 0.1) is 12.3 Å². The summed E-state index contributed by atoms with van der Waals surface area (Å²) < 4.78 is 0. The van der Waals surface area contributed by atoms with Crippen molar-refractivity contribution in [2.75, 3.05) is 6.61 Å². The maximum Gasteiger partial charge on any atom is 0.178 e. The van der Waals surface area contributed by atoms with E-state index in [2.05, 4.69) is 18.8 Å². The van der Waals surface area contributed by atoms with Crippen molar-refractivity contribution in [3.05, 3.63) is 58.3 Å². The van der Waals surface area contributed by atoms with Crippen LogP contribution in [0, 0.1) is 5.92 Å². The van der Waals surface area contributed by atoms with Crippen molar-refractivity contribution in [1.82, 2.24) is 4.98 Å². The Morgan fingerprint density at radius 3 is 2.31 bits per heavy atom. The van der Waals surface area contributed by atoms with Gasteiger partial charge < -0.3 is 5.11 Å². The minimum Gasteiger partial charge on any atom is -0.392 e. The zero-order valence-corrected chi connectivity index (χ0v) is 16.8. The highest BCUT2D eigenvalue weighted by molar-refractivity contribution is 8.15.